The summed E-state index contributed by atoms with van der Waals surface area (Å²) in [7, 11) is 1.64. The largest absolute Gasteiger partial charge is 0.495 e. The lowest BCUT2D eigenvalue weighted by Crippen LogP contribution is -2.56. The number of nitrogens with zero attached hydrogens (tertiary/aromatic N) is 1. The molecule has 0 unspecified atom stereocenters. The molecule has 0 radical (unpaired) electrons. The van der Waals surface area contributed by atoms with Gasteiger partial charge in [0.05, 0.1) is 24.0 Å². The van der Waals surface area contributed by atoms with Crippen molar-refractivity contribution in [3.8, 4) is 5.75 Å². The standard InChI is InChI=1S/C16H26N2O2/c1-15(2)10-18(11-16(3,4)20-15)9-12-6-7-14(19-5)13(17)8-12/h6-8H,9-11,17H2,1-5H3. The summed E-state index contributed by atoms with van der Waals surface area (Å²) >= 11 is 0. The van der Waals surface area contributed by atoms with Gasteiger partial charge in [-0.1, -0.05) is 6.07 Å². The van der Waals surface area contributed by atoms with Crippen molar-refractivity contribution in [1.82, 2.24) is 4.90 Å². The molecule has 1 aromatic rings. The molecule has 1 aliphatic rings. The maximum absolute atomic E-state index is 6.10. The fourth-order valence-corrected chi connectivity index (χ4v) is 3.20. The summed E-state index contributed by atoms with van der Waals surface area (Å²) in [6.45, 7) is 11.3. The molecule has 0 spiro atoms. The first kappa shape index (κ1) is 15.1. The van der Waals surface area contributed by atoms with Gasteiger partial charge >= 0.3 is 0 Å². The average Bonchev–Trinajstić information content (AvgIpc) is 2.24. The molecule has 1 fully saturated rings. The Morgan fingerprint density at radius 2 is 1.80 bits per heavy atom. The summed E-state index contributed by atoms with van der Waals surface area (Å²) in [5.74, 6) is 0.733. The minimum Gasteiger partial charge on any atom is -0.495 e. The lowest BCUT2D eigenvalue weighted by atomic mass is 9.98. The molecule has 4 heteroatoms. The fraction of sp³-hybridized carbons (Fsp3) is 0.625. The molecule has 0 bridgehead atoms. The van der Waals surface area contributed by atoms with Crippen LogP contribution in [0, 0.1) is 0 Å². The molecule has 1 heterocycles. The highest BCUT2D eigenvalue weighted by atomic mass is 16.5. The average molecular weight is 278 g/mol. The molecule has 1 saturated heterocycles. The molecule has 1 aromatic carbocycles. The van der Waals surface area contributed by atoms with Crippen LogP contribution in [-0.4, -0.2) is 36.3 Å². The van der Waals surface area contributed by atoms with Crippen molar-refractivity contribution < 1.29 is 9.47 Å². The van der Waals surface area contributed by atoms with Gasteiger partial charge in [0.1, 0.15) is 5.75 Å². The van der Waals surface area contributed by atoms with Gasteiger partial charge in [-0.25, -0.2) is 0 Å². The van der Waals surface area contributed by atoms with E-state index in [1.54, 1.807) is 7.11 Å². The van der Waals surface area contributed by atoms with E-state index in [4.69, 9.17) is 15.2 Å². The summed E-state index contributed by atoms with van der Waals surface area (Å²) < 4.78 is 11.3. The second-order valence-corrected chi connectivity index (χ2v) is 6.84. The summed E-state index contributed by atoms with van der Waals surface area (Å²) in [4.78, 5) is 2.42. The van der Waals surface area contributed by atoms with E-state index in [9.17, 15) is 0 Å². The molecule has 0 aromatic heterocycles. The molecule has 2 rings (SSSR count). The highest BCUT2D eigenvalue weighted by molar-refractivity contribution is 5.54. The van der Waals surface area contributed by atoms with Crippen LogP contribution in [0.15, 0.2) is 18.2 Å². The van der Waals surface area contributed by atoms with Gasteiger partial charge in [-0.05, 0) is 45.4 Å². The zero-order valence-corrected chi connectivity index (χ0v) is 13.2. The van der Waals surface area contributed by atoms with Crippen LogP contribution in [0.5, 0.6) is 5.75 Å². The Hall–Kier alpha value is -1.26. The summed E-state index contributed by atoms with van der Waals surface area (Å²) in [5.41, 5.74) is 7.62. The number of anilines is 1. The maximum atomic E-state index is 6.10. The van der Waals surface area contributed by atoms with Gasteiger partial charge in [-0.3, -0.25) is 4.90 Å². The number of ether oxygens (including phenoxy) is 2. The lowest BCUT2D eigenvalue weighted by Gasteiger charge is -2.47. The van der Waals surface area contributed by atoms with Crippen LogP contribution in [-0.2, 0) is 11.3 Å². The van der Waals surface area contributed by atoms with E-state index < -0.39 is 0 Å². The van der Waals surface area contributed by atoms with E-state index >= 15 is 0 Å². The third-order valence-corrected chi connectivity index (χ3v) is 3.46. The Kier molecular flexibility index (Phi) is 3.98. The normalized spacial score (nSPS) is 21.6. The maximum Gasteiger partial charge on any atom is 0.141 e. The summed E-state index contributed by atoms with van der Waals surface area (Å²) in [6.07, 6.45) is 0. The van der Waals surface area contributed by atoms with Crippen molar-refractivity contribution in [2.24, 2.45) is 0 Å². The molecule has 112 valence electrons. The van der Waals surface area contributed by atoms with Gasteiger partial charge in [0.25, 0.3) is 0 Å². The quantitative estimate of drug-likeness (QED) is 0.864. The molecule has 1 aliphatic heterocycles. The van der Waals surface area contributed by atoms with Crippen LogP contribution in [0.25, 0.3) is 0 Å². The number of nitrogen functional groups attached to an aromatic ring is 1. The molecule has 0 aliphatic carbocycles. The van der Waals surface area contributed by atoms with Crippen LogP contribution >= 0.6 is 0 Å². The van der Waals surface area contributed by atoms with Crippen molar-refractivity contribution in [2.75, 3.05) is 25.9 Å². The van der Waals surface area contributed by atoms with Crippen LogP contribution < -0.4 is 10.5 Å². The van der Waals surface area contributed by atoms with E-state index in [0.29, 0.717) is 5.69 Å². The number of rotatable bonds is 3. The lowest BCUT2D eigenvalue weighted by molar-refractivity contribution is -0.182. The van der Waals surface area contributed by atoms with E-state index in [2.05, 4.69) is 38.7 Å². The number of morpholine rings is 1. The highest BCUT2D eigenvalue weighted by Crippen LogP contribution is 2.30. The van der Waals surface area contributed by atoms with E-state index in [-0.39, 0.29) is 11.2 Å². The Balaban J connectivity index is 2.11. The Morgan fingerprint density at radius 1 is 1.20 bits per heavy atom. The first-order valence-corrected chi connectivity index (χ1v) is 7.06. The molecule has 2 N–H and O–H groups in total. The van der Waals surface area contributed by atoms with Gasteiger partial charge in [-0.15, -0.1) is 0 Å². The third kappa shape index (κ3) is 3.64. The predicted octanol–water partition coefficient (Wildman–Crippen LogP) is 2.67. The molecule has 4 nitrogen and oxygen atoms in total. The molecule has 20 heavy (non-hydrogen) atoms. The van der Waals surface area contributed by atoms with Crippen LogP contribution in [0.2, 0.25) is 0 Å². The van der Waals surface area contributed by atoms with Gasteiger partial charge in [0.15, 0.2) is 0 Å². The zero-order chi connectivity index (χ0) is 15.0. The Morgan fingerprint density at radius 3 is 2.30 bits per heavy atom. The smallest absolute Gasteiger partial charge is 0.141 e. The minimum atomic E-state index is -0.125. The second-order valence-electron chi connectivity index (χ2n) is 6.84. The van der Waals surface area contributed by atoms with E-state index in [1.165, 1.54) is 5.56 Å². The predicted molar refractivity (Wildman–Crippen MR) is 81.9 cm³/mol. The summed E-state index contributed by atoms with van der Waals surface area (Å²) in [5, 5.41) is 0. The molecule has 0 atom stereocenters. The van der Waals surface area contributed by atoms with Crippen LogP contribution in [0.4, 0.5) is 5.69 Å². The van der Waals surface area contributed by atoms with Crippen molar-refractivity contribution in [3.05, 3.63) is 23.8 Å². The number of hydrogen-bond acceptors (Lipinski definition) is 4. The van der Waals surface area contributed by atoms with Crippen LogP contribution in [0.3, 0.4) is 0 Å². The van der Waals surface area contributed by atoms with Crippen molar-refractivity contribution >= 4 is 5.69 Å². The highest BCUT2D eigenvalue weighted by Gasteiger charge is 2.37. The van der Waals surface area contributed by atoms with Crippen molar-refractivity contribution in [3.63, 3.8) is 0 Å². The SMILES string of the molecule is COc1ccc(CN2CC(C)(C)OC(C)(C)C2)cc1N. The van der Waals surface area contributed by atoms with E-state index in [1.807, 2.05) is 12.1 Å². The Bertz CT molecular complexity index is 467. The molecular formula is C16H26N2O2. The minimum absolute atomic E-state index is 0.125. The Labute approximate surface area is 121 Å². The number of methoxy groups -OCH3 is 1. The third-order valence-electron chi connectivity index (χ3n) is 3.46. The van der Waals surface area contributed by atoms with Gasteiger partial charge in [0, 0.05) is 19.6 Å². The monoisotopic (exact) mass is 278 g/mol. The molecular weight excluding hydrogens is 252 g/mol. The van der Waals surface area contributed by atoms with E-state index in [0.717, 1.165) is 25.4 Å². The van der Waals surface area contributed by atoms with Crippen LogP contribution in [0.1, 0.15) is 33.3 Å². The zero-order valence-electron chi connectivity index (χ0n) is 13.2. The molecule has 0 saturated carbocycles. The van der Waals surface area contributed by atoms with Crippen molar-refractivity contribution in [2.45, 2.75) is 45.4 Å². The first-order chi connectivity index (χ1) is 9.21. The summed E-state index contributed by atoms with van der Waals surface area (Å²) in [6, 6.07) is 6.00. The molecule has 0 amide bonds. The topological polar surface area (TPSA) is 47.7 Å². The number of benzene rings is 1. The van der Waals surface area contributed by atoms with Gasteiger partial charge < -0.3 is 15.2 Å². The fourth-order valence-electron chi connectivity index (χ4n) is 3.20. The first-order valence-electron chi connectivity index (χ1n) is 7.06. The van der Waals surface area contributed by atoms with Gasteiger partial charge in [0.2, 0.25) is 0 Å². The van der Waals surface area contributed by atoms with Gasteiger partial charge in [-0.2, -0.15) is 0 Å². The van der Waals surface area contributed by atoms with Crippen molar-refractivity contribution in [1.29, 1.82) is 0 Å². The number of nitrogens with two attached hydrogens (primary N) is 1. The second kappa shape index (κ2) is 5.26. The number of hydrogen-bond donors (Lipinski definition) is 1.